The van der Waals surface area contributed by atoms with Gasteiger partial charge in [-0.05, 0) is 12.1 Å². The molecule has 1 aliphatic heterocycles. The number of carbonyl (C=O) groups excluding carboxylic acids is 1. The molecular weight excluding hydrogens is 296 g/mol. The molecule has 0 saturated carbocycles. The fourth-order valence-corrected chi connectivity index (χ4v) is 2.83. The molecule has 0 aliphatic carbocycles. The van der Waals surface area contributed by atoms with Crippen molar-refractivity contribution >= 4 is 5.91 Å². The molecule has 0 aromatic heterocycles. The van der Waals surface area contributed by atoms with Gasteiger partial charge in [0.15, 0.2) is 0 Å². The Morgan fingerprint density at radius 2 is 1.87 bits per heavy atom. The molecule has 1 aromatic rings. The van der Waals surface area contributed by atoms with Crippen LogP contribution in [0.15, 0.2) is 30.3 Å². The highest BCUT2D eigenvalue weighted by atomic mass is 16.3. The topological polar surface area (TPSA) is 93.0 Å². The smallest absolute Gasteiger partial charge is 0.221 e. The molecule has 1 unspecified atom stereocenters. The van der Waals surface area contributed by atoms with Crippen LogP contribution in [0.3, 0.4) is 0 Å². The van der Waals surface area contributed by atoms with Crippen LogP contribution >= 0.6 is 0 Å². The highest BCUT2D eigenvalue weighted by Crippen LogP contribution is 2.27. The molecule has 2 rings (SSSR count). The number of aliphatic hydroxyl groups excluding tert-OH is 3. The van der Waals surface area contributed by atoms with Gasteiger partial charge in [-0.2, -0.15) is 0 Å². The molecule has 124 valence electrons. The predicted octanol–water partition coefficient (Wildman–Crippen LogP) is -1.06. The van der Waals surface area contributed by atoms with Crippen molar-refractivity contribution in [3.63, 3.8) is 0 Å². The van der Waals surface area contributed by atoms with E-state index in [2.05, 4.69) is 17.2 Å². The van der Waals surface area contributed by atoms with Crippen LogP contribution in [-0.4, -0.2) is 70.6 Å². The number of aliphatic hydroxyl groups is 3. The second-order valence-corrected chi connectivity index (χ2v) is 5.52. The summed E-state index contributed by atoms with van der Waals surface area (Å²) in [7, 11) is 1.52. The van der Waals surface area contributed by atoms with E-state index in [1.807, 2.05) is 30.3 Å². The van der Waals surface area contributed by atoms with E-state index in [-0.39, 0.29) is 25.5 Å². The first-order valence-electron chi connectivity index (χ1n) is 7.55. The Bertz CT molecular complexity index is 581. The van der Waals surface area contributed by atoms with Crippen molar-refractivity contribution in [1.29, 1.82) is 0 Å². The number of likely N-dealkylation sites (tertiary alicyclic amines) is 1. The zero-order valence-corrected chi connectivity index (χ0v) is 13.0. The van der Waals surface area contributed by atoms with Gasteiger partial charge in [-0.25, -0.2) is 0 Å². The van der Waals surface area contributed by atoms with Gasteiger partial charge >= 0.3 is 0 Å². The molecule has 1 aliphatic rings. The van der Waals surface area contributed by atoms with Crippen molar-refractivity contribution in [2.24, 2.45) is 0 Å². The number of amides is 1. The Balaban J connectivity index is 2.13. The Hall–Kier alpha value is -1.91. The highest BCUT2D eigenvalue weighted by Gasteiger charge is 2.47. The number of rotatable bonds is 4. The molecule has 0 radical (unpaired) electrons. The number of carbonyl (C=O) groups is 1. The van der Waals surface area contributed by atoms with Gasteiger partial charge in [0.25, 0.3) is 0 Å². The standard InChI is InChI=1S/C17H22N2O4/c1-18-15(21)10-13-16(22)17(23)14(11-20)19(13)9-5-8-12-6-3-2-4-7-12/h2-4,6-7,13-14,16-17,20,22-23H,9-11H2,1H3,(H,18,21)/t13?,14-,16-,17-/m1/s1. The third-order valence-electron chi connectivity index (χ3n) is 4.12. The maximum atomic E-state index is 11.6. The van der Waals surface area contributed by atoms with Crippen molar-refractivity contribution < 1.29 is 20.1 Å². The molecule has 6 nitrogen and oxygen atoms in total. The van der Waals surface area contributed by atoms with Crippen molar-refractivity contribution in [3.05, 3.63) is 35.9 Å². The minimum Gasteiger partial charge on any atom is -0.395 e. The summed E-state index contributed by atoms with van der Waals surface area (Å²) in [6.45, 7) is -0.0641. The summed E-state index contributed by atoms with van der Waals surface area (Å²) in [6.07, 6.45) is -2.16. The summed E-state index contributed by atoms with van der Waals surface area (Å²) >= 11 is 0. The van der Waals surface area contributed by atoms with Crippen LogP contribution in [0.2, 0.25) is 0 Å². The van der Waals surface area contributed by atoms with E-state index in [1.165, 1.54) is 7.05 Å². The lowest BCUT2D eigenvalue weighted by atomic mass is 10.1. The van der Waals surface area contributed by atoms with Crippen molar-refractivity contribution in [3.8, 4) is 11.8 Å². The monoisotopic (exact) mass is 318 g/mol. The number of hydrogen-bond donors (Lipinski definition) is 4. The lowest BCUT2D eigenvalue weighted by molar-refractivity contribution is -0.122. The lowest BCUT2D eigenvalue weighted by Crippen LogP contribution is -2.43. The third-order valence-corrected chi connectivity index (χ3v) is 4.12. The number of nitrogens with zero attached hydrogens (tertiary/aromatic N) is 1. The minimum atomic E-state index is -1.10. The first-order chi connectivity index (χ1) is 11.1. The average molecular weight is 318 g/mol. The Labute approximate surface area is 135 Å². The van der Waals surface area contributed by atoms with Crippen LogP contribution in [0.5, 0.6) is 0 Å². The van der Waals surface area contributed by atoms with Crippen molar-refractivity contribution in [2.45, 2.75) is 30.7 Å². The van der Waals surface area contributed by atoms with Gasteiger partial charge in [0.05, 0.1) is 31.4 Å². The summed E-state index contributed by atoms with van der Waals surface area (Å²) in [5, 5.41) is 32.2. The molecule has 1 saturated heterocycles. The second kappa shape index (κ2) is 8.09. The Morgan fingerprint density at radius 1 is 1.22 bits per heavy atom. The van der Waals surface area contributed by atoms with E-state index in [4.69, 9.17) is 0 Å². The number of benzene rings is 1. The minimum absolute atomic E-state index is 0.0399. The molecular formula is C17H22N2O4. The third kappa shape index (κ3) is 4.09. The summed E-state index contributed by atoms with van der Waals surface area (Å²) in [5.74, 6) is 5.74. The normalized spacial score (nSPS) is 27.3. The lowest BCUT2D eigenvalue weighted by Gasteiger charge is -2.27. The van der Waals surface area contributed by atoms with Crippen LogP contribution < -0.4 is 5.32 Å². The maximum absolute atomic E-state index is 11.6. The summed E-state index contributed by atoms with van der Waals surface area (Å²) in [6, 6.07) is 8.23. The molecule has 23 heavy (non-hydrogen) atoms. The summed E-state index contributed by atoms with van der Waals surface area (Å²) in [4.78, 5) is 13.3. The highest BCUT2D eigenvalue weighted by molar-refractivity contribution is 5.76. The molecule has 1 heterocycles. The van der Waals surface area contributed by atoms with Gasteiger partial charge < -0.3 is 20.6 Å². The van der Waals surface area contributed by atoms with Gasteiger partial charge in [-0.3, -0.25) is 9.69 Å². The first-order valence-corrected chi connectivity index (χ1v) is 7.55. The molecule has 1 fully saturated rings. The second-order valence-electron chi connectivity index (χ2n) is 5.52. The fourth-order valence-electron chi connectivity index (χ4n) is 2.83. The molecule has 0 spiro atoms. The van der Waals surface area contributed by atoms with E-state index in [0.717, 1.165) is 5.56 Å². The molecule has 1 aromatic carbocycles. The number of hydrogen-bond acceptors (Lipinski definition) is 5. The molecule has 1 amide bonds. The SMILES string of the molecule is CNC(=O)CC1[C@@H](O)[C@H](O)[C@@H](CO)N1CC#Cc1ccccc1. The van der Waals surface area contributed by atoms with Gasteiger partial charge in [0.2, 0.25) is 5.91 Å². The first kappa shape index (κ1) is 17.4. The average Bonchev–Trinajstić information content (AvgIpc) is 2.80. The van der Waals surface area contributed by atoms with Gasteiger partial charge in [-0.15, -0.1) is 0 Å². The molecule has 6 heteroatoms. The van der Waals surface area contributed by atoms with Gasteiger partial charge in [0.1, 0.15) is 0 Å². The van der Waals surface area contributed by atoms with E-state index < -0.39 is 24.3 Å². The van der Waals surface area contributed by atoms with Gasteiger partial charge in [0, 0.05) is 25.1 Å². The van der Waals surface area contributed by atoms with Crippen molar-refractivity contribution in [1.82, 2.24) is 10.2 Å². The van der Waals surface area contributed by atoms with Crippen LogP contribution in [-0.2, 0) is 4.79 Å². The summed E-state index contributed by atoms with van der Waals surface area (Å²) < 4.78 is 0. The van der Waals surface area contributed by atoms with E-state index >= 15 is 0 Å². The zero-order valence-electron chi connectivity index (χ0n) is 13.0. The molecule has 0 bridgehead atoms. The Kier molecular flexibility index (Phi) is 6.13. The molecule has 4 atom stereocenters. The van der Waals surface area contributed by atoms with Crippen LogP contribution in [0, 0.1) is 11.8 Å². The van der Waals surface area contributed by atoms with E-state index in [9.17, 15) is 20.1 Å². The van der Waals surface area contributed by atoms with Crippen LogP contribution in [0.25, 0.3) is 0 Å². The van der Waals surface area contributed by atoms with E-state index in [0.29, 0.717) is 0 Å². The predicted molar refractivity (Wildman–Crippen MR) is 85.4 cm³/mol. The molecule has 4 N–H and O–H groups in total. The fraction of sp³-hybridized carbons (Fsp3) is 0.471. The maximum Gasteiger partial charge on any atom is 0.221 e. The Morgan fingerprint density at radius 3 is 2.48 bits per heavy atom. The zero-order chi connectivity index (χ0) is 16.8. The van der Waals surface area contributed by atoms with Crippen molar-refractivity contribution in [2.75, 3.05) is 20.2 Å². The number of nitrogens with one attached hydrogen (secondary N) is 1. The largest absolute Gasteiger partial charge is 0.395 e. The van der Waals surface area contributed by atoms with Gasteiger partial charge in [-0.1, -0.05) is 30.0 Å². The quantitative estimate of drug-likeness (QED) is 0.531. The van der Waals surface area contributed by atoms with Crippen LogP contribution in [0.1, 0.15) is 12.0 Å². The van der Waals surface area contributed by atoms with Crippen LogP contribution in [0.4, 0.5) is 0 Å². The van der Waals surface area contributed by atoms with E-state index in [1.54, 1.807) is 4.90 Å². The summed E-state index contributed by atoms with van der Waals surface area (Å²) in [5.41, 5.74) is 0.858.